The lowest BCUT2D eigenvalue weighted by Crippen LogP contribution is -2.73. The quantitative estimate of drug-likeness (QED) is 0.107. The molecule has 0 saturated heterocycles. The number of halogens is 6. The van der Waals surface area contributed by atoms with Crippen LogP contribution in [0.25, 0.3) is 22.2 Å². The minimum absolute atomic E-state index is 0.118. The highest BCUT2D eigenvalue weighted by Gasteiger charge is 2.73. The Bertz CT molecular complexity index is 2210. The van der Waals surface area contributed by atoms with Gasteiger partial charge in [0.2, 0.25) is 0 Å². The second-order valence-corrected chi connectivity index (χ2v) is 24.3. The number of nitrogens with one attached hydrogen (secondary N) is 1. The maximum atomic E-state index is 16.5. The first-order valence-electron chi connectivity index (χ1n) is 18.3. The molecule has 4 aromatic rings. The maximum absolute atomic E-state index is 16.5. The van der Waals surface area contributed by atoms with Crippen LogP contribution in [0.5, 0.6) is 5.75 Å². The SMILES string of the molecule is CN1C(=O)c2cccc(OC(F)F)c2[C@H]2C[C@@H]1c1nc3ccc(-c4cnc(C5(N[S@+]([O-])C(C)(C)C)CC(O[Si](C)(C)C(C)(C)C)(C(F)(F)F)C5)c(F)c4)cc3n12. The molecule has 302 valence electrons. The van der Waals surface area contributed by atoms with E-state index in [1.54, 1.807) is 65.2 Å². The number of rotatable bonds is 8. The van der Waals surface area contributed by atoms with E-state index in [1.165, 1.54) is 29.3 Å². The van der Waals surface area contributed by atoms with Crippen LogP contribution in [0.2, 0.25) is 18.1 Å². The zero-order valence-corrected chi connectivity index (χ0v) is 34.4. The van der Waals surface area contributed by atoms with Crippen molar-refractivity contribution in [2.45, 2.75) is 120 Å². The van der Waals surface area contributed by atoms with Gasteiger partial charge in [-0.1, -0.05) is 32.9 Å². The molecule has 3 atom stereocenters. The van der Waals surface area contributed by atoms with E-state index in [0.717, 1.165) is 0 Å². The van der Waals surface area contributed by atoms with E-state index >= 15 is 17.6 Å². The fourth-order valence-electron chi connectivity index (χ4n) is 7.92. The second kappa shape index (κ2) is 13.2. The summed E-state index contributed by atoms with van der Waals surface area (Å²) in [7, 11) is -1.37. The molecule has 3 aliphatic rings. The van der Waals surface area contributed by atoms with Crippen molar-refractivity contribution in [3.05, 3.63) is 77.1 Å². The van der Waals surface area contributed by atoms with Gasteiger partial charge in [0, 0.05) is 60.6 Å². The first-order valence-corrected chi connectivity index (χ1v) is 22.3. The molecular formula is C39H45F6N5O4SSi. The van der Waals surface area contributed by atoms with Gasteiger partial charge in [0.15, 0.2) is 13.9 Å². The molecule has 1 saturated carbocycles. The normalized spacial score (nSPS) is 24.6. The molecule has 2 aromatic carbocycles. The van der Waals surface area contributed by atoms with E-state index in [4.69, 9.17) is 14.1 Å². The molecular weight excluding hydrogens is 777 g/mol. The number of carbonyl (C=O) groups is 1. The second-order valence-electron chi connectivity index (χ2n) is 17.7. The van der Waals surface area contributed by atoms with Gasteiger partial charge >= 0.3 is 12.8 Å². The number of nitrogens with zero attached hydrogens (tertiary/aromatic N) is 4. The molecule has 17 heteroatoms. The third-order valence-corrected chi connectivity index (χ3v) is 18.0. The van der Waals surface area contributed by atoms with Gasteiger partial charge in [0.1, 0.15) is 33.4 Å². The Kier molecular flexibility index (Phi) is 9.55. The third-order valence-electron chi connectivity index (χ3n) is 11.8. The van der Waals surface area contributed by atoms with Crippen LogP contribution >= 0.6 is 0 Å². The van der Waals surface area contributed by atoms with Crippen LogP contribution in [-0.4, -0.2) is 68.4 Å². The average Bonchev–Trinajstić information content (AvgIpc) is 3.58. The number of benzene rings is 2. The summed E-state index contributed by atoms with van der Waals surface area (Å²) in [5.41, 5.74) is -2.19. The first kappa shape index (κ1) is 40.5. The van der Waals surface area contributed by atoms with Gasteiger partial charge in [-0.3, -0.25) is 9.78 Å². The molecule has 1 N–H and O–H groups in total. The van der Waals surface area contributed by atoms with Crippen molar-refractivity contribution in [1.29, 1.82) is 0 Å². The van der Waals surface area contributed by atoms with E-state index in [9.17, 15) is 18.1 Å². The van der Waals surface area contributed by atoms with E-state index in [-0.39, 0.29) is 22.9 Å². The summed E-state index contributed by atoms with van der Waals surface area (Å²) in [4.78, 5) is 24.3. The molecule has 0 unspecified atom stereocenters. The number of carbonyl (C=O) groups excluding carboxylic acids is 1. The van der Waals surface area contributed by atoms with Crippen molar-refractivity contribution < 1.29 is 44.9 Å². The van der Waals surface area contributed by atoms with Gasteiger partial charge in [-0.2, -0.15) is 22.0 Å². The predicted molar refractivity (Wildman–Crippen MR) is 203 cm³/mol. The van der Waals surface area contributed by atoms with Crippen LogP contribution in [0, 0.1) is 5.82 Å². The number of hydrogen-bond donors (Lipinski definition) is 1. The van der Waals surface area contributed by atoms with Gasteiger partial charge in [-0.25, -0.2) is 9.37 Å². The largest absolute Gasteiger partial charge is 0.598 e. The van der Waals surface area contributed by atoms with Crippen LogP contribution in [-0.2, 0) is 21.3 Å². The lowest BCUT2D eigenvalue weighted by molar-refractivity contribution is -0.298. The van der Waals surface area contributed by atoms with E-state index in [1.807, 2.05) is 25.3 Å². The number of fused-ring (bicyclic) bond motifs is 9. The third kappa shape index (κ3) is 6.50. The van der Waals surface area contributed by atoms with Crippen LogP contribution in [0.15, 0.2) is 48.7 Å². The molecule has 9 nitrogen and oxygen atoms in total. The van der Waals surface area contributed by atoms with Crippen molar-refractivity contribution in [2.24, 2.45) is 0 Å². The first-order chi connectivity index (χ1) is 25.8. The number of aromatic nitrogens is 3. The van der Waals surface area contributed by atoms with Gasteiger partial charge in [-0.05, 0) is 74.8 Å². The van der Waals surface area contributed by atoms with Crippen molar-refractivity contribution in [2.75, 3.05) is 7.05 Å². The van der Waals surface area contributed by atoms with Crippen molar-refractivity contribution in [3.8, 4) is 16.9 Å². The summed E-state index contributed by atoms with van der Waals surface area (Å²) in [6, 6.07) is 9.77. The van der Waals surface area contributed by atoms with Gasteiger partial charge in [-0.15, -0.1) is 4.72 Å². The van der Waals surface area contributed by atoms with Crippen LogP contribution < -0.4 is 9.46 Å². The Balaban J connectivity index is 1.29. The number of imidazole rings is 1. The topological polar surface area (TPSA) is 105 Å². The Labute approximate surface area is 325 Å². The summed E-state index contributed by atoms with van der Waals surface area (Å²) in [5, 5.41) is -0.552. The van der Waals surface area contributed by atoms with Gasteiger partial charge < -0.3 is 23.2 Å². The lowest BCUT2D eigenvalue weighted by atomic mass is 9.63. The molecule has 56 heavy (non-hydrogen) atoms. The molecule has 2 bridgehead atoms. The number of hydrogen-bond acceptors (Lipinski definition) is 7. The highest BCUT2D eigenvalue weighted by atomic mass is 32.2. The number of amides is 1. The molecule has 1 amide bonds. The summed E-state index contributed by atoms with van der Waals surface area (Å²) in [5.74, 6) is -0.810. The molecule has 1 aliphatic carbocycles. The van der Waals surface area contributed by atoms with Gasteiger partial charge in [0.05, 0.1) is 23.1 Å². The molecule has 4 heterocycles. The Morgan fingerprint density at radius 3 is 2.29 bits per heavy atom. The fourth-order valence-corrected chi connectivity index (χ4v) is 10.4. The van der Waals surface area contributed by atoms with Crippen molar-refractivity contribution >= 4 is 36.6 Å². The van der Waals surface area contributed by atoms with Crippen LogP contribution in [0.1, 0.15) is 100 Å². The Morgan fingerprint density at radius 2 is 1.70 bits per heavy atom. The fraction of sp³-hybridized carbons (Fsp3) is 0.513. The van der Waals surface area contributed by atoms with E-state index < -0.39 is 84.1 Å². The minimum atomic E-state index is -4.81. The summed E-state index contributed by atoms with van der Waals surface area (Å²) >= 11 is -1.90. The van der Waals surface area contributed by atoms with Crippen LogP contribution in [0.4, 0.5) is 26.3 Å². The predicted octanol–water partition coefficient (Wildman–Crippen LogP) is 9.32. The summed E-state index contributed by atoms with van der Waals surface area (Å²) < 4.78 is 117. The minimum Gasteiger partial charge on any atom is -0.598 e. The number of ether oxygens (including phenoxy) is 1. The highest BCUT2D eigenvalue weighted by molar-refractivity contribution is 7.90. The molecule has 2 aliphatic heterocycles. The number of alkyl halides is 5. The average molecular weight is 822 g/mol. The maximum Gasteiger partial charge on any atom is 0.416 e. The van der Waals surface area contributed by atoms with Gasteiger partial charge in [0.25, 0.3) is 5.91 Å². The lowest BCUT2D eigenvalue weighted by Gasteiger charge is -2.58. The number of pyridine rings is 1. The zero-order chi connectivity index (χ0) is 41.1. The van der Waals surface area contributed by atoms with E-state index in [2.05, 4.69) is 9.71 Å². The summed E-state index contributed by atoms with van der Waals surface area (Å²) in [6.45, 7) is 10.8. The highest BCUT2D eigenvalue weighted by Crippen LogP contribution is 2.60. The van der Waals surface area contributed by atoms with Crippen molar-refractivity contribution in [3.63, 3.8) is 0 Å². The molecule has 2 aromatic heterocycles. The smallest absolute Gasteiger partial charge is 0.416 e. The van der Waals surface area contributed by atoms with Crippen molar-refractivity contribution in [1.82, 2.24) is 24.2 Å². The molecule has 1 fully saturated rings. The molecule has 0 radical (unpaired) electrons. The van der Waals surface area contributed by atoms with E-state index in [0.29, 0.717) is 40.0 Å². The molecule has 0 spiro atoms. The molecule has 7 rings (SSSR count). The zero-order valence-electron chi connectivity index (χ0n) is 32.6. The Morgan fingerprint density at radius 1 is 1.02 bits per heavy atom. The Hall–Kier alpha value is -3.64. The summed E-state index contributed by atoms with van der Waals surface area (Å²) in [6.07, 6.45) is -4.54. The standard InChI is InChI=1S/C39H45F6N5O4SSi/c1-35(2,3)55(52)48-37(19-38(20-37,39(43,44)45)54-56(8,9)36(4,5)6)31-24(40)15-22(18-46-31)21-13-14-25-26(16-21)50-27-17-28(32(50)47-25)49(7)33(51)23-11-10-12-29(30(23)27)53-34(41)42/h10-16,18,27-28,34,48H,17,19-20H2,1-9H3/t27-,28-,37?,38?,55-/m1/s1. The monoisotopic (exact) mass is 821 g/mol. The van der Waals surface area contributed by atoms with Crippen LogP contribution in [0.3, 0.4) is 0 Å².